The molecule has 0 aromatic rings. The highest BCUT2D eigenvalue weighted by molar-refractivity contribution is 5.66. The number of carboxylic acid groups (broad SMARTS) is 1. The second kappa shape index (κ2) is 4.72. The maximum absolute atomic E-state index is 10.5. The molecule has 0 aromatic heterocycles. The molecule has 1 atom stereocenters. The number of nitrogens with zero attached hydrogens (tertiary/aromatic N) is 1. The molecule has 1 spiro atoms. The summed E-state index contributed by atoms with van der Waals surface area (Å²) in [6.45, 7) is 1.48. The molecule has 1 heterocycles. The fourth-order valence-corrected chi connectivity index (χ4v) is 2.75. The van der Waals surface area contributed by atoms with E-state index in [0.717, 1.165) is 19.4 Å². The fraction of sp³-hybridized carbons (Fsp3) is 0.917. The first kappa shape index (κ1) is 11.9. The lowest BCUT2D eigenvalue weighted by atomic mass is 9.73. The molecule has 2 fully saturated rings. The number of hydrogen-bond donors (Lipinski definition) is 1. The van der Waals surface area contributed by atoms with Crippen molar-refractivity contribution >= 4 is 5.97 Å². The van der Waals surface area contributed by atoms with E-state index in [1.54, 1.807) is 0 Å². The second-order valence-corrected chi connectivity index (χ2v) is 5.16. The van der Waals surface area contributed by atoms with Crippen molar-refractivity contribution in [3.8, 4) is 0 Å². The van der Waals surface area contributed by atoms with Gasteiger partial charge in [-0.05, 0) is 39.2 Å². The lowest BCUT2D eigenvalue weighted by molar-refractivity contribution is -0.148. The Bertz CT molecular complexity index is 263. The molecule has 92 valence electrons. The van der Waals surface area contributed by atoms with Crippen LogP contribution < -0.4 is 0 Å². The molecular weight excluding hydrogens is 206 g/mol. The average Bonchev–Trinajstić information content (AvgIpc) is 2.24. The Kier molecular flexibility index (Phi) is 3.50. The van der Waals surface area contributed by atoms with Crippen LogP contribution in [-0.4, -0.2) is 47.8 Å². The van der Waals surface area contributed by atoms with Gasteiger partial charge in [0.25, 0.3) is 0 Å². The first-order valence-corrected chi connectivity index (χ1v) is 6.17. The van der Waals surface area contributed by atoms with Gasteiger partial charge in [0.15, 0.2) is 0 Å². The predicted molar refractivity (Wildman–Crippen MR) is 60.4 cm³/mol. The topological polar surface area (TPSA) is 49.8 Å². The van der Waals surface area contributed by atoms with Gasteiger partial charge in [0, 0.05) is 19.2 Å². The SMILES string of the molecule is CN(CCC(=O)O)C1CCOC2(CCC2)C1. The Labute approximate surface area is 96.6 Å². The van der Waals surface area contributed by atoms with Gasteiger partial charge >= 0.3 is 5.97 Å². The standard InChI is InChI=1S/C12H21NO3/c1-13(7-3-11(14)15)10-4-8-16-12(9-10)5-2-6-12/h10H,2-9H2,1H3,(H,14,15). The Morgan fingerprint density at radius 2 is 2.31 bits per heavy atom. The van der Waals surface area contributed by atoms with Crippen LogP contribution in [0.25, 0.3) is 0 Å². The molecule has 1 aliphatic heterocycles. The Morgan fingerprint density at radius 3 is 2.88 bits per heavy atom. The molecule has 1 saturated heterocycles. The van der Waals surface area contributed by atoms with Crippen LogP contribution in [0.5, 0.6) is 0 Å². The zero-order chi connectivity index (χ0) is 11.6. The zero-order valence-corrected chi connectivity index (χ0v) is 9.95. The number of carboxylic acids is 1. The van der Waals surface area contributed by atoms with Gasteiger partial charge in [-0.25, -0.2) is 0 Å². The molecule has 1 unspecified atom stereocenters. The van der Waals surface area contributed by atoms with E-state index in [1.165, 1.54) is 19.3 Å². The molecule has 0 amide bonds. The van der Waals surface area contributed by atoms with Gasteiger partial charge in [0.1, 0.15) is 0 Å². The van der Waals surface area contributed by atoms with Crippen LogP contribution in [0, 0.1) is 0 Å². The van der Waals surface area contributed by atoms with E-state index in [-0.39, 0.29) is 12.0 Å². The quantitative estimate of drug-likeness (QED) is 0.790. The van der Waals surface area contributed by atoms with Crippen LogP contribution in [0.15, 0.2) is 0 Å². The third kappa shape index (κ3) is 2.55. The maximum atomic E-state index is 10.5. The van der Waals surface area contributed by atoms with Gasteiger partial charge in [-0.2, -0.15) is 0 Å². The van der Waals surface area contributed by atoms with Crippen LogP contribution in [0.1, 0.15) is 38.5 Å². The summed E-state index contributed by atoms with van der Waals surface area (Å²) in [5.74, 6) is -0.711. The van der Waals surface area contributed by atoms with Gasteiger partial charge in [0.05, 0.1) is 12.0 Å². The van der Waals surface area contributed by atoms with Crippen molar-refractivity contribution in [2.24, 2.45) is 0 Å². The summed E-state index contributed by atoms with van der Waals surface area (Å²) < 4.78 is 5.86. The molecule has 0 bridgehead atoms. The van der Waals surface area contributed by atoms with E-state index in [9.17, 15) is 4.79 Å². The van der Waals surface area contributed by atoms with Crippen LogP contribution >= 0.6 is 0 Å². The summed E-state index contributed by atoms with van der Waals surface area (Å²) in [6, 6.07) is 0.508. The molecule has 16 heavy (non-hydrogen) atoms. The first-order chi connectivity index (χ1) is 7.61. The number of aliphatic carboxylic acids is 1. The fourth-order valence-electron chi connectivity index (χ4n) is 2.75. The lowest BCUT2D eigenvalue weighted by Crippen LogP contribution is -2.51. The van der Waals surface area contributed by atoms with Crippen molar-refractivity contribution in [2.45, 2.75) is 50.2 Å². The Morgan fingerprint density at radius 1 is 1.56 bits per heavy atom. The zero-order valence-electron chi connectivity index (χ0n) is 9.95. The summed E-state index contributed by atoms with van der Waals surface area (Å²) in [6.07, 6.45) is 6.03. The van der Waals surface area contributed by atoms with Crippen molar-refractivity contribution < 1.29 is 14.6 Å². The third-order valence-electron chi connectivity index (χ3n) is 4.03. The third-order valence-corrected chi connectivity index (χ3v) is 4.03. The highest BCUT2D eigenvalue weighted by Gasteiger charge is 2.43. The van der Waals surface area contributed by atoms with Gasteiger partial charge in [-0.15, -0.1) is 0 Å². The molecule has 1 N–H and O–H groups in total. The molecule has 0 radical (unpaired) electrons. The minimum Gasteiger partial charge on any atom is -0.481 e. The summed E-state index contributed by atoms with van der Waals surface area (Å²) in [5.41, 5.74) is 0.153. The molecule has 0 aromatic carbocycles. The van der Waals surface area contributed by atoms with E-state index >= 15 is 0 Å². The smallest absolute Gasteiger partial charge is 0.304 e. The maximum Gasteiger partial charge on any atom is 0.304 e. The van der Waals surface area contributed by atoms with Crippen LogP contribution in [0.3, 0.4) is 0 Å². The van der Waals surface area contributed by atoms with Crippen LogP contribution in [0.2, 0.25) is 0 Å². The molecule has 1 aliphatic carbocycles. The van der Waals surface area contributed by atoms with Gasteiger partial charge in [0.2, 0.25) is 0 Å². The highest BCUT2D eigenvalue weighted by Crippen LogP contribution is 2.43. The summed E-state index contributed by atoms with van der Waals surface area (Å²) >= 11 is 0. The Hall–Kier alpha value is -0.610. The molecule has 2 aliphatic rings. The molecule has 4 nitrogen and oxygen atoms in total. The lowest BCUT2D eigenvalue weighted by Gasteiger charge is -2.49. The largest absolute Gasteiger partial charge is 0.481 e. The molecular formula is C12H21NO3. The minimum atomic E-state index is -0.711. The van der Waals surface area contributed by atoms with E-state index in [1.807, 2.05) is 7.05 Å². The highest BCUT2D eigenvalue weighted by atomic mass is 16.5. The number of hydrogen-bond acceptors (Lipinski definition) is 3. The first-order valence-electron chi connectivity index (χ1n) is 6.17. The van der Waals surface area contributed by atoms with Gasteiger partial charge < -0.3 is 14.7 Å². The summed E-state index contributed by atoms with van der Waals surface area (Å²) in [7, 11) is 2.03. The number of rotatable bonds is 4. The Balaban J connectivity index is 1.81. The molecule has 1 saturated carbocycles. The predicted octanol–water partition coefficient (Wildman–Crippen LogP) is 1.49. The summed E-state index contributed by atoms with van der Waals surface area (Å²) in [4.78, 5) is 12.7. The second-order valence-electron chi connectivity index (χ2n) is 5.16. The van der Waals surface area contributed by atoms with E-state index < -0.39 is 5.97 Å². The number of ether oxygens (including phenoxy) is 1. The number of carbonyl (C=O) groups is 1. The van der Waals surface area contributed by atoms with E-state index in [2.05, 4.69) is 4.90 Å². The van der Waals surface area contributed by atoms with E-state index in [4.69, 9.17) is 9.84 Å². The van der Waals surface area contributed by atoms with Crippen LogP contribution in [0.4, 0.5) is 0 Å². The van der Waals surface area contributed by atoms with Gasteiger partial charge in [-0.3, -0.25) is 4.79 Å². The van der Waals surface area contributed by atoms with E-state index in [0.29, 0.717) is 12.6 Å². The minimum absolute atomic E-state index is 0.153. The van der Waals surface area contributed by atoms with Gasteiger partial charge in [-0.1, -0.05) is 0 Å². The summed E-state index contributed by atoms with van der Waals surface area (Å²) in [5, 5.41) is 8.67. The normalized spacial score (nSPS) is 28.0. The van der Waals surface area contributed by atoms with Crippen molar-refractivity contribution in [2.75, 3.05) is 20.2 Å². The monoisotopic (exact) mass is 227 g/mol. The average molecular weight is 227 g/mol. The van der Waals surface area contributed by atoms with Crippen molar-refractivity contribution in [1.29, 1.82) is 0 Å². The molecule has 4 heteroatoms. The van der Waals surface area contributed by atoms with Crippen molar-refractivity contribution in [3.05, 3.63) is 0 Å². The van der Waals surface area contributed by atoms with Crippen LogP contribution in [-0.2, 0) is 9.53 Å². The van der Waals surface area contributed by atoms with Crippen molar-refractivity contribution in [1.82, 2.24) is 4.90 Å². The molecule has 2 rings (SSSR count). The van der Waals surface area contributed by atoms with Crippen molar-refractivity contribution in [3.63, 3.8) is 0 Å².